The molecule has 1 aromatic carbocycles. The van der Waals surface area contributed by atoms with E-state index in [9.17, 15) is 14.9 Å². The molecular weight excluding hydrogens is 264 g/mol. The molecule has 2 atom stereocenters. The van der Waals surface area contributed by atoms with Gasteiger partial charge in [-0.25, -0.2) is 4.79 Å². The van der Waals surface area contributed by atoms with Crippen molar-refractivity contribution in [1.82, 2.24) is 0 Å². The Morgan fingerprint density at radius 1 is 1.55 bits per heavy atom. The Hall–Kier alpha value is -2.15. The predicted molar refractivity (Wildman–Crippen MR) is 72.1 cm³/mol. The molecule has 2 unspecified atom stereocenters. The fourth-order valence-electron chi connectivity index (χ4n) is 2.32. The zero-order valence-electron chi connectivity index (χ0n) is 11.0. The summed E-state index contributed by atoms with van der Waals surface area (Å²) in [6, 6.07) is 4.24. The van der Waals surface area contributed by atoms with Crippen molar-refractivity contribution in [2.45, 2.75) is 31.9 Å². The molecule has 1 aliphatic rings. The van der Waals surface area contributed by atoms with Crippen molar-refractivity contribution in [1.29, 1.82) is 0 Å². The summed E-state index contributed by atoms with van der Waals surface area (Å²) in [6.45, 7) is 2.63. The molecule has 0 spiro atoms. The number of ether oxygens (including phenoxy) is 1. The van der Waals surface area contributed by atoms with Crippen LogP contribution in [0.4, 0.5) is 11.4 Å². The van der Waals surface area contributed by atoms with Crippen LogP contribution in [0.3, 0.4) is 0 Å². The van der Waals surface area contributed by atoms with Gasteiger partial charge in [0.2, 0.25) is 0 Å². The first kappa shape index (κ1) is 14.3. The van der Waals surface area contributed by atoms with Crippen molar-refractivity contribution >= 4 is 17.3 Å². The molecule has 0 saturated carbocycles. The van der Waals surface area contributed by atoms with Crippen molar-refractivity contribution < 1.29 is 19.6 Å². The maximum Gasteiger partial charge on any atom is 0.342 e. The number of hydrogen-bond acceptors (Lipinski definition) is 5. The van der Waals surface area contributed by atoms with E-state index in [1.165, 1.54) is 18.2 Å². The van der Waals surface area contributed by atoms with E-state index in [1.54, 1.807) is 0 Å². The van der Waals surface area contributed by atoms with Gasteiger partial charge in [0.15, 0.2) is 0 Å². The number of hydrogen-bond donors (Lipinski definition) is 2. The Labute approximate surface area is 115 Å². The number of nitro groups is 1. The number of carboxylic acids is 1. The number of carbonyl (C=O) groups is 1. The van der Waals surface area contributed by atoms with Crippen LogP contribution in [-0.4, -0.2) is 34.8 Å². The fraction of sp³-hybridized carbons (Fsp3) is 0.462. The normalized spacial score (nSPS) is 22.2. The van der Waals surface area contributed by atoms with Crippen LogP contribution in [-0.2, 0) is 4.74 Å². The van der Waals surface area contributed by atoms with Crippen LogP contribution in [0, 0.1) is 10.1 Å². The third-order valence-electron chi connectivity index (χ3n) is 3.28. The lowest BCUT2D eigenvalue weighted by molar-refractivity contribution is -0.385. The van der Waals surface area contributed by atoms with Gasteiger partial charge in [-0.15, -0.1) is 0 Å². The van der Waals surface area contributed by atoms with Crippen molar-refractivity contribution in [3.8, 4) is 0 Å². The summed E-state index contributed by atoms with van der Waals surface area (Å²) in [7, 11) is 0. The molecule has 108 valence electrons. The summed E-state index contributed by atoms with van der Waals surface area (Å²) in [5, 5.41) is 23.0. The number of rotatable bonds is 4. The van der Waals surface area contributed by atoms with E-state index in [0.717, 1.165) is 12.8 Å². The second kappa shape index (κ2) is 5.87. The SMILES string of the molecule is CC1CC(Nc2ccc([N+](=O)[O-])c(C(=O)O)c2)CCO1. The van der Waals surface area contributed by atoms with Crippen LogP contribution in [0.15, 0.2) is 18.2 Å². The standard InChI is InChI=1S/C13H16N2O5/c1-8-6-10(4-5-20-8)14-9-2-3-12(15(18)19)11(7-9)13(16)17/h2-3,7-8,10,14H,4-6H2,1H3,(H,16,17). The number of carboxylic acid groups (broad SMARTS) is 1. The largest absolute Gasteiger partial charge is 0.477 e. The van der Waals surface area contributed by atoms with Crippen LogP contribution < -0.4 is 5.32 Å². The van der Waals surface area contributed by atoms with E-state index in [-0.39, 0.29) is 17.7 Å². The van der Waals surface area contributed by atoms with Gasteiger partial charge in [0.05, 0.1) is 11.0 Å². The highest BCUT2D eigenvalue weighted by Crippen LogP contribution is 2.25. The Bertz CT molecular complexity index is 531. The molecule has 0 amide bonds. The summed E-state index contributed by atoms with van der Waals surface area (Å²) in [5.41, 5.74) is -0.129. The zero-order chi connectivity index (χ0) is 14.7. The molecule has 20 heavy (non-hydrogen) atoms. The molecule has 1 aliphatic heterocycles. The highest BCUT2D eigenvalue weighted by Gasteiger charge is 2.22. The molecule has 1 saturated heterocycles. The lowest BCUT2D eigenvalue weighted by Gasteiger charge is -2.28. The maximum atomic E-state index is 11.1. The highest BCUT2D eigenvalue weighted by atomic mass is 16.6. The van der Waals surface area contributed by atoms with Gasteiger partial charge in [-0.05, 0) is 31.9 Å². The second-order valence-corrected chi connectivity index (χ2v) is 4.84. The minimum atomic E-state index is -1.30. The Balaban J connectivity index is 2.18. The first-order valence-corrected chi connectivity index (χ1v) is 6.37. The monoisotopic (exact) mass is 280 g/mol. The quantitative estimate of drug-likeness (QED) is 0.648. The van der Waals surface area contributed by atoms with E-state index in [0.29, 0.717) is 12.3 Å². The smallest absolute Gasteiger partial charge is 0.342 e. The van der Waals surface area contributed by atoms with Gasteiger partial charge >= 0.3 is 5.97 Å². The second-order valence-electron chi connectivity index (χ2n) is 4.84. The van der Waals surface area contributed by atoms with Gasteiger partial charge in [0, 0.05) is 24.4 Å². The van der Waals surface area contributed by atoms with E-state index in [1.807, 2.05) is 6.92 Å². The number of benzene rings is 1. The number of anilines is 1. The number of aromatic carboxylic acids is 1. The minimum absolute atomic E-state index is 0.151. The summed E-state index contributed by atoms with van der Waals surface area (Å²) in [5.74, 6) is -1.30. The average Bonchev–Trinajstić information content (AvgIpc) is 2.38. The molecular formula is C13H16N2O5. The topological polar surface area (TPSA) is 102 Å². The molecule has 0 aliphatic carbocycles. The molecule has 1 fully saturated rings. The Morgan fingerprint density at radius 2 is 2.30 bits per heavy atom. The fourth-order valence-corrected chi connectivity index (χ4v) is 2.32. The molecule has 1 aromatic rings. The summed E-state index contributed by atoms with van der Waals surface area (Å²) < 4.78 is 5.43. The first-order valence-electron chi connectivity index (χ1n) is 6.37. The summed E-state index contributed by atoms with van der Waals surface area (Å²) in [6.07, 6.45) is 1.79. The van der Waals surface area contributed by atoms with Crippen molar-refractivity contribution in [3.63, 3.8) is 0 Å². The van der Waals surface area contributed by atoms with Crippen LogP contribution in [0.25, 0.3) is 0 Å². The van der Waals surface area contributed by atoms with E-state index in [2.05, 4.69) is 5.32 Å². The Morgan fingerprint density at radius 3 is 2.90 bits per heavy atom. The van der Waals surface area contributed by atoms with Gasteiger partial charge in [-0.1, -0.05) is 0 Å². The maximum absolute atomic E-state index is 11.1. The van der Waals surface area contributed by atoms with Gasteiger partial charge in [-0.2, -0.15) is 0 Å². The molecule has 7 nitrogen and oxygen atoms in total. The molecule has 7 heteroatoms. The van der Waals surface area contributed by atoms with Crippen molar-refractivity contribution in [3.05, 3.63) is 33.9 Å². The molecule has 0 bridgehead atoms. The van der Waals surface area contributed by atoms with E-state index >= 15 is 0 Å². The number of nitrogens with one attached hydrogen (secondary N) is 1. The van der Waals surface area contributed by atoms with Crippen molar-refractivity contribution in [2.75, 3.05) is 11.9 Å². The van der Waals surface area contributed by atoms with Gasteiger partial charge in [-0.3, -0.25) is 10.1 Å². The highest BCUT2D eigenvalue weighted by molar-refractivity contribution is 5.93. The van der Waals surface area contributed by atoms with Gasteiger partial charge in [0.1, 0.15) is 5.56 Å². The molecule has 1 heterocycles. The predicted octanol–water partition coefficient (Wildman–Crippen LogP) is 2.27. The third kappa shape index (κ3) is 3.24. The lowest BCUT2D eigenvalue weighted by Crippen LogP contribution is -2.32. The molecule has 0 aromatic heterocycles. The third-order valence-corrected chi connectivity index (χ3v) is 3.28. The van der Waals surface area contributed by atoms with Crippen molar-refractivity contribution in [2.24, 2.45) is 0 Å². The Kier molecular flexibility index (Phi) is 4.19. The van der Waals surface area contributed by atoms with Crippen LogP contribution in [0.5, 0.6) is 0 Å². The van der Waals surface area contributed by atoms with Crippen LogP contribution >= 0.6 is 0 Å². The molecule has 0 radical (unpaired) electrons. The van der Waals surface area contributed by atoms with Crippen LogP contribution in [0.1, 0.15) is 30.1 Å². The molecule has 2 rings (SSSR count). The van der Waals surface area contributed by atoms with Gasteiger partial charge in [0.25, 0.3) is 5.69 Å². The van der Waals surface area contributed by atoms with Gasteiger partial charge < -0.3 is 15.2 Å². The van der Waals surface area contributed by atoms with Crippen LogP contribution in [0.2, 0.25) is 0 Å². The summed E-state index contributed by atoms with van der Waals surface area (Å²) >= 11 is 0. The zero-order valence-corrected chi connectivity index (χ0v) is 11.0. The lowest BCUT2D eigenvalue weighted by atomic mass is 10.0. The number of nitro benzene ring substituents is 1. The average molecular weight is 280 g/mol. The number of nitrogens with zero attached hydrogens (tertiary/aromatic N) is 1. The summed E-state index contributed by atoms with van der Waals surface area (Å²) in [4.78, 5) is 21.2. The van der Waals surface area contributed by atoms with E-state index < -0.39 is 16.6 Å². The first-order chi connectivity index (χ1) is 9.47. The molecule has 2 N–H and O–H groups in total. The van der Waals surface area contributed by atoms with E-state index in [4.69, 9.17) is 9.84 Å². The minimum Gasteiger partial charge on any atom is -0.477 e.